The highest BCUT2D eigenvalue weighted by Gasteiger charge is 2.51. The van der Waals surface area contributed by atoms with Gasteiger partial charge in [0, 0.05) is 11.1 Å². The molecule has 0 aliphatic heterocycles. The van der Waals surface area contributed by atoms with Crippen molar-refractivity contribution >= 4 is 10.8 Å². The Hall–Kier alpha value is -2.97. The Morgan fingerprint density at radius 3 is 2.09 bits per heavy atom. The fourth-order valence-electron chi connectivity index (χ4n) is 7.78. The van der Waals surface area contributed by atoms with E-state index in [1.165, 1.54) is 60.4 Å². The summed E-state index contributed by atoms with van der Waals surface area (Å²) >= 11 is 0. The molecule has 0 spiro atoms. The normalized spacial score (nSPS) is 28.3. The van der Waals surface area contributed by atoms with Crippen molar-refractivity contribution in [3.05, 3.63) is 102 Å². The largest absolute Gasteiger partial charge is 0.299 e. The van der Waals surface area contributed by atoms with Gasteiger partial charge in [-0.15, -0.1) is 0 Å². The zero-order valence-electron chi connectivity index (χ0n) is 19.7. The Bertz CT molecular complexity index is 1280. The maximum Gasteiger partial charge on any atom is 0.0755 e. The Kier molecular flexibility index (Phi) is 4.84. The van der Waals surface area contributed by atoms with Crippen LogP contribution in [0.4, 0.5) is 0 Å². The van der Waals surface area contributed by atoms with Gasteiger partial charge in [-0.3, -0.25) is 10.3 Å². The van der Waals surface area contributed by atoms with Gasteiger partial charge < -0.3 is 0 Å². The summed E-state index contributed by atoms with van der Waals surface area (Å²) in [4.78, 5) is 5.31. The van der Waals surface area contributed by atoms with Gasteiger partial charge in [0.15, 0.2) is 0 Å². The quantitative estimate of drug-likeness (QED) is 0.344. The molecule has 4 aliphatic carbocycles. The van der Waals surface area contributed by atoms with Gasteiger partial charge in [0.2, 0.25) is 0 Å². The number of hydrogen-bond acceptors (Lipinski definition) is 2. The molecular weight excluding hydrogens is 412 g/mol. The lowest BCUT2D eigenvalue weighted by Crippen LogP contribution is -2.59. The predicted octanol–water partition coefficient (Wildman–Crippen LogP) is 7.55. The van der Waals surface area contributed by atoms with Crippen molar-refractivity contribution < 1.29 is 0 Å². The Morgan fingerprint density at radius 2 is 1.32 bits per heavy atom. The lowest BCUT2D eigenvalue weighted by Gasteiger charge is -2.58. The average Bonchev–Trinajstić information content (AvgIpc) is 2.87. The molecule has 4 bridgehead atoms. The number of fused-ring (bicyclic) bond motifs is 1. The van der Waals surface area contributed by atoms with Crippen molar-refractivity contribution in [3.8, 4) is 11.3 Å². The fraction of sp³-hybridized carbons (Fsp3) is 0.344. The second-order valence-corrected chi connectivity index (χ2v) is 11.2. The summed E-state index contributed by atoms with van der Waals surface area (Å²) in [7, 11) is 0. The molecule has 4 aliphatic rings. The highest BCUT2D eigenvalue weighted by molar-refractivity contribution is 5.95. The molecule has 1 atom stereocenters. The second kappa shape index (κ2) is 8.06. The van der Waals surface area contributed by atoms with E-state index in [9.17, 15) is 0 Å². The van der Waals surface area contributed by atoms with Crippen LogP contribution in [0.5, 0.6) is 0 Å². The van der Waals surface area contributed by atoms with Crippen LogP contribution in [0.25, 0.3) is 22.0 Å². The van der Waals surface area contributed by atoms with Crippen LogP contribution in [0.15, 0.2) is 91.0 Å². The third-order valence-corrected chi connectivity index (χ3v) is 8.75. The van der Waals surface area contributed by atoms with E-state index in [0.29, 0.717) is 0 Å². The minimum atomic E-state index is 0.118. The van der Waals surface area contributed by atoms with Crippen LogP contribution < -0.4 is 5.32 Å². The number of aromatic nitrogens is 1. The number of rotatable bonds is 5. The molecule has 4 saturated carbocycles. The summed E-state index contributed by atoms with van der Waals surface area (Å²) < 4.78 is 0. The number of hydrogen-bond donors (Lipinski definition) is 1. The highest BCUT2D eigenvalue weighted by atomic mass is 15.0. The predicted molar refractivity (Wildman–Crippen MR) is 140 cm³/mol. The maximum atomic E-state index is 5.31. The van der Waals surface area contributed by atoms with E-state index in [1.807, 2.05) is 0 Å². The van der Waals surface area contributed by atoms with Crippen molar-refractivity contribution in [2.24, 2.45) is 17.8 Å². The van der Waals surface area contributed by atoms with Gasteiger partial charge in [-0.1, -0.05) is 78.9 Å². The molecule has 3 aromatic carbocycles. The van der Waals surface area contributed by atoms with Gasteiger partial charge >= 0.3 is 0 Å². The first-order valence-corrected chi connectivity index (χ1v) is 13.0. The summed E-state index contributed by atoms with van der Waals surface area (Å²) in [5.74, 6) is 2.76. The number of benzene rings is 3. The molecule has 1 N–H and O–H groups in total. The van der Waals surface area contributed by atoms with Crippen molar-refractivity contribution in [2.75, 3.05) is 0 Å². The van der Waals surface area contributed by atoms with Crippen LogP contribution in [0.1, 0.15) is 55.8 Å². The summed E-state index contributed by atoms with van der Waals surface area (Å²) in [5.41, 5.74) is 4.99. The number of nitrogens with one attached hydrogen (secondary N) is 1. The van der Waals surface area contributed by atoms with Gasteiger partial charge in [-0.25, -0.2) is 0 Å². The molecule has 170 valence electrons. The molecule has 2 nitrogen and oxygen atoms in total. The molecule has 34 heavy (non-hydrogen) atoms. The van der Waals surface area contributed by atoms with E-state index in [0.717, 1.165) is 29.1 Å². The first-order chi connectivity index (χ1) is 16.7. The van der Waals surface area contributed by atoms with Crippen LogP contribution in [-0.4, -0.2) is 10.5 Å². The molecule has 0 radical (unpaired) electrons. The topological polar surface area (TPSA) is 24.9 Å². The number of pyridine rings is 1. The van der Waals surface area contributed by atoms with E-state index in [2.05, 4.69) is 96.3 Å². The van der Waals surface area contributed by atoms with Crippen LogP contribution in [0.2, 0.25) is 0 Å². The van der Waals surface area contributed by atoms with E-state index in [1.54, 1.807) is 0 Å². The van der Waals surface area contributed by atoms with Crippen molar-refractivity contribution in [3.63, 3.8) is 0 Å². The van der Waals surface area contributed by atoms with Gasteiger partial charge in [-0.2, -0.15) is 0 Å². The van der Waals surface area contributed by atoms with Crippen molar-refractivity contribution in [1.29, 1.82) is 0 Å². The van der Waals surface area contributed by atoms with Crippen LogP contribution in [-0.2, 0) is 0 Å². The molecular formula is C32H32N2. The monoisotopic (exact) mass is 444 g/mol. The summed E-state index contributed by atoms with van der Waals surface area (Å²) in [6, 6.07) is 32.8. The zero-order chi connectivity index (χ0) is 22.5. The fourth-order valence-corrected chi connectivity index (χ4v) is 7.78. The van der Waals surface area contributed by atoms with Gasteiger partial charge in [0.25, 0.3) is 0 Å². The molecule has 1 heterocycles. The molecule has 1 unspecified atom stereocenters. The standard InChI is InChI=1S/C32H32N2/c1-2-9-26(10-3-1)31(34-32-19-22-16-23(20-32)18-24(17-22)21-32)30-15-7-14-29(33-30)28-13-6-11-25-8-4-5-12-27(25)28/h1-15,22-24,31,34H,16-21H2. The summed E-state index contributed by atoms with van der Waals surface area (Å²) in [6.45, 7) is 0. The molecule has 4 fully saturated rings. The third-order valence-electron chi connectivity index (χ3n) is 8.75. The zero-order valence-corrected chi connectivity index (χ0v) is 19.7. The van der Waals surface area contributed by atoms with Crippen LogP contribution in [0, 0.1) is 17.8 Å². The molecule has 2 heteroatoms. The van der Waals surface area contributed by atoms with E-state index < -0.39 is 0 Å². The van der Waals surface area contributed by atoms with Gasteiger partial charge in [0.05, 0.1) is 17.4 Å². The SMILES string of the molecule is c1ccc(C(NC23CC4CC(CC(C4)C2)C3)c2cccc(-c3cccc4ccccc34)n2)cc1. The molecule has 8 rings (SSSR count). The Morgan fingerprint density at radius 1 is 0.676 bits per heavy atom. The lowest BCUT2D eigenvalue weighted by molar-refractivity contribution is -0.0236. The second-order valence-electron chi connectivity index (χ2n) is 11.2. The van der Waals surface area contributed by atoms with E-state index in [4.69, 9.17) is 4.98 Å². The highest BCUT2D eigenvalue weighted by Crippen LogP contribution is 2.56. The minimum absolute atomic E-state index is 0.118. The smallest absolute Gasteiger partial charge is 0.0755 e. The third kappa shape index (κ3) is 3.56. The van der Waals surface area contributed by atoms with Crippen LogP contribution in [0.3, 0.4) is 0 Å². The first-order valence-electron chi connectivity index (χ1n) is 13.0. The number of nitrogens with zero attached hydrogens (tertiary/aromatic N) is 1. The van der Waals surface area contributed by atoms with E-state index in [-0.39, 0.29) is 11.6 Å². The van der Waals surface area contributed by atoms with Crippen molar-refractivity contribution in [1.82, 2.24) is 10.3 Å². The van der Waals surface area contributed by atoms with Crippen molar-refractivity contribution in [2.45, 2.75) is 50.1 Å². The molecule has 1 aromatic heterocycles. The first kappa shape index (κ1) is 20.4. The van der Waals surface area contributed by atoms with Gasteiger partial charge in [0.1, 0.15) is 0 Å². The van der Waals surface area contributed by atoms with Gasteiger partial charge in [-0.05, 0) is 84.7 Å². The molecule has 4 aromatic rings. The van der Waals surface area contributed by atoms with Crippen LogP contribution >= 0.6 is 0 Å². The summed E-state index contributed by atoms with van der Waals surface area (Å²) in [5, 5.41) is 6.77. The maximum absolute atomic E-state index is 5.31. The Labute approximate surface area is 202 Å². The average molecular weight is 445 g/mol. The minimum Gasteiger partial charge on any atom is -0.299 e. The summed E-state index contributed by atoms with van der Waals surface area (Å²) in [6.07, 6.45) is 8.41. The Balaban J connectivity index is 1.30. The van der Waals surface area contributed by atoms with E-state index >= 15 is 0 Å². The molecule has 0 saturated heterocycles. The molecule has 0 amide bonds. The lowest BCUT2D eigenvalue weighted by atomic mass is 9.53.